The fourth-order valence-corrected chi connectivity index (χ4v) is 4.50. The van der Waals surface area contributed by atoms with E-state index in [1.807, 2.05) is 6.92 Å². The predicted octanol–water partition coefficient (Wildman–Crippen LogP) is 2.33. The Morgan fingerprint density at radius 3 is 2.82 bits per heavy atom. The SMILES string of the molecule is CCc1nnc(NS(=O)(=O)c2c(Cl)ccc3c2OCCO3)s1. The van der Waals surface area contributed by atoms with E-state index in [1.54, 1.807) is 6.07 Å². The van der Waals surface area contributed by atoms with Gasteiger partial charge >= 0.3 is 0 Å². The average Bonchev–Trinajstić information content (AvgIpc) is 2.93. The first kappa shape index (κ1) is 15.3. The van der Waals surface area contributed by atoms with Crippen molar-refractivity contribution in [2.24, 2.45) is 0 Å². The molecule has 1 aliphatic heterocycles. The number of halogens is 1. The number of fused-ring (bicyclic) bond motifs is 1. The first-order valence-corrected chi connectivity index (χ1v) is 9.12. The van der Waals surface area contributed by atoms with Gasteiger partial charge in [0.05, 0.1) is 5.02 Å². The van der Waals surface area contributed by atoms with Crippen LogP contribution in [0.1, 0.15) is 11.9 Å². The van der Waals surface area contributed by atoms with Crippen molar-refractivity contribution < 1.29 is 17.9 Å². The molecule has 0 saturated heterocycles. The van der Waals surface area contributed by atoms with Crippen LogP contribution >= 0.6 is 22.9 Å². The van der Waals surface area contributed by atoms with Gasteiger partial charge in [-0.3, -0.25) is 4.72 Å². The van der Waals surface area contributed by atoms with Crippen molar-refractivity contribution >= 4 is 38.1 Å². The highest BCUT2D eigenvalue weighted by molar-refractivity contribution is 7.93. The van der Waals surface area contributed by atoms with Gasteiger partial charge in [-0.25, -0.2) is 8.42 Å². The van der Waals surface area contributed by atoms with Crippen molar-refractivity contribution in [3.05, 3.63) is 22.2 Å². The zero-order valence-corrected chi connectivity index (χ0v) is 13.9. The molecule has 3 rings (SSSR count). The van der Waals surface area contributed by atoms with Gasteiger partial charge in [0.15, 0.2) is 16.4 Å². The topological polar surface area (TPSA) is 90.4 Å². The lowest BCUT2D eigenvalue weighted by Gasteiger charge is -2.21. The number of aryl methyl sites for hydroxylation is 1. The Labute approximate surface area is 136 Å². The largest absolute Gasteiger partial charge is 0.486 e. The summed E-state index contributed by atoms with van der Waals surface area (Å²) in [6, 6.07) is 3.04. The fraction of sp³-hybridized carbons (Fsp3) is 0.333. The van der Waals surface area contributed by atoms with Crippen LogP contribution in [0.25, 0.3) is 0 Å². The Morgan fingerprint density at radius 1 is 1.32 bits per heavy atom. The second-order valence-corrected chi connectivity index (χ2v) is 7.45. The van der Waals surface area contributed by atoms with Crippen molar-refractivity contribution in [2.75, 3.05) is 17.9 Å². The van der Waals surface area contributed by atoms with E-state index < -0.39 is 10.0 Å². The second-order valence-electron chi connectivity index (χ2n) is 4.36. The first-order chi connectivity index (χ1) is 10.5. The van der Waals surface area contributed by atoms with Gasteiger partial charge in [-0.05, 0) is 18.6 Å². The number of aromatic nitrogens is 2. The maximum absolute atomic E-state index is 12.6. The number of nitrogens with zero attached hydrogens (tertiary/aromatic N) is 2. The Bertz CT molecular complexity index is 807. The minimum Gasteiger partial charge on any atom is -0.486 e. The zero-order valence-electron chi connectivity index (χ0n) is 11.5. The molecule has 0 unspecified atom stereocenters. The number of benzene rings is 1. The normalized spacial score (nSPS) is 13.9. The van der Waals surface area contributed by atoms with Gasteiger partial charge in [-0.1, -0.05) is 29.9 Å². The van der Waals surface area contributed by atoms with E-state index in [0.29, 0.717) is 18.8 Å². The summed E-state index contributed by atoms with van der Waals surface area (Å²) in [7, 11) is -3.96. The van der Waals surface area contributed by atoms with Crippen LogP contribution in [0.2, 0.25) is 5.02 Å². The third-order valence-electron chi connectivity index (χ3n) is 2.87. The van der Waals surface area contributed by atoms with Gasteiger partial charge < -0.3 is 9.47 Å². The fourth-order valence-electron chi connectivity index (χ4n) is 1.92. The number of ether oxygens (including phenoxy) is 2. The number of nitrogens with one attached hydrogen (secondary N) is 1. The van der Waals surface area contributed by atoms with Gasteiger partial charge in [-0.15, -0.1) is 10.2 Å². The smallest absolute Gasteiger partial charge is 0.269 e. The molecule has 1 aromatic carbocycles. The molecule has 1 aromatic heterocycles. The molecule has 0 fully saturated rings. The number of hydrogen-bond acceptors (Lipinski definition) is 7. The quantitative estimate of drug-likeness (QED) is 0.898. The lowest BCUT2D eigenvalue weighted by molar-refractivity contribution is 0.167. The lowest BCUT2D eigenvalue weighted by Crippen LogP contribution is -2.20. The minimum atomic E-state index is -3.96. The van der Waals surface area contributed by atoms with Crippen molar-refractivity contribution in [1.29, 1.82) is 0 Å². The molecule has 0 saturated carbocycles. The third-order valence-corrected chi connectivity index (χ3v) is 5.82. The van der Waals surface area contributed by atoms with Crippen LogP contribution in [0.4, 0.5) is 5.13 Å². The summed E-state index contributed by atoms with van der Waals surface area (Å²) in [5.74, 6) is 0.467. The molecule has 22 heavy (non-hydrogen) atoms. The maximum atomic E-state index is 12.6. The van der Waals surface area contributed by atoms with E-state index in [-0.39, 0.29) is 27.4 Å². The molecule has 10 heteroatoms. The van der Waals surface area contributed by atoms with Crippen LogP contribution < -0.4 is 14.2 Å². The Balaban J connectivity index is 2.01. The van der Waals surface area contributed by atoms with Crippen molar-refractivity contribution in [3.63, 3.8) is 0 Å². The summed E-state index contributed by atoms with van der Waals surface area (Å²) in [5.41, 5.74) is 0. The summed E-state index contributed by atoms with van der Waals surface area (Å²) >= 11 is 7.23. The molecule has 0 aliphatic carbocycles. The minimum absolute atomic E-state index is 0.0528. The molecule has 2 heterocycles. The monoisotopic (exact) mass is 361 g/mol. The number of anilines is 1. The van der Waals surface area contributed by atoms with Crippen molar-refractivity contribution in [2.45, 2.75) is 18.2 Å². The molecule has 2 aromatic rings. The Kier molecular flexibility index (Phi) is 4.11. The maximum Gasteiger partial charge on any atom is 0.269 e. The lowest BCUT2D eigenvalue weighted by atomic mass is 10.3. The molecule has 0 atom stereocenters. The second kappa shape index (κ2) is 5.90. The first-order valence-electron chi connectivity index (χ1n) is 6.44. The molecule has 0 spiro atoms. The standard InChI is InChI=1S/C12H12ClN3O4S2/c1-2-9-14-15-12(21-9)16-22(17,18)11-7(13)3-4-8-10(11)20-6-5-19-8/h3-4H,2,5-6H2,1H3,(H,15,16). The van der Waals surface area contributed by atoms with E-state index in [2.05, 4.69) is 14.9 Å². The van der Waals surface area contributed by atoms with Gasteiger partial charge in [0.1, 0.15) is 18.2 Å². The van der Waals surface area contributed by atoms with Crippen LogP contribution in [-0.2, 0) is 16.4 Å². The van der Waals surface area contributed by atoms with Gasteiger partial charge in [-0.2, -0.15) is 0 Å². The van der Waals surface area contributed by atoms with Crippen molar-refractivity contribution in [1.82, 2.24) is 10.2 Å². The summed E-state index contributed by atoms with van der Waals surface area (Å²) < 4.78 is 38.4. The van der Waals surface area contributed by atoms with E-state index >= 15 is 0 Å². The highest BCUT2D eigenvalue weighted by atomic mass is 35.5. The van der Waals surface area contributed by atoms with E-state index in [1.165, 1.54) is 17.4 Å². The summed E-state index contributed by atoms with van der Waals surface area (Å²) in [6.07, 6.45) is 0.678. The van der Waals surface area contributed by atoms with Gasteiger partial charge in [0.25, 0.3) is 10.0 Å². The van der Waals surface area contributed by atoms with Crippen LogP contribution in [0.15, 0.2) is 17.0 Å². The van der Waals surface area contributed by atoms with Crippen LogP contribution in [0, 0.1) is 0 Å². The molecule has 1 aliphatic rings. The van der Waals surface area contributed by atoms with Crippen LogP contribution in [-0.4, -0.2) is 31.8 Å². The number of sulfonamides is 1. The van der Waals surface area contributed by atoms with Gasteiger partial charge in [0, 0.05) is 0 Å². The zero-order chi connectivity index (χ0) is 15.7. The summed E-state index contributed by atoms with van der Waals surface area (Å²) in [5, 5.41) is 8.65. The van der Waals surface area contributed by atoms with E-state index in [9.17, 15) is 8.42 Å². The molecular weight excluding hydrogens is 350 g/mol. The molecular formula is C12H12ClN3O4S2. The molecule has 0 bridgehead atoms. The number of hydrogen-bond donors (Lipinski definition) is 1. The molecule has 0 amide bonds. The molecule has 118 valence electrons. The highest BCUT2D eigenvalue weighted by Gasteiger charge is 2.29. The van der Waals surface area contributed by atoms with E-state index in [0.717, 1.165) is 5.01 Å². The van der Waals surface area contributed by atoms with Crippen LogP contribution in [0.3, 0.4) is 0 Å². The van der Waals surface area contributed by atoms with E-state index in [4.69, 9.17) is 21.1 Å². The van der Waals surface area contributed by atoms with Gasteiger partial charge in [0.2, 0.25) is 5.13 Å². The Hall–Kier alpha value is -1.58. The summed E-state index contributed by atoms with van der Waals surface area (Å²) in [4.78, 5) is -0.153. The van der Waals surface area contributed by atoms with Crippen LogP contribution in [0.5, 0.6) is 11.5 Å². The number of rotatable bonds is 4. The molecule has 7 nitrogen and oxygen atoms in total. The predicted molar refractivity (Wildman–Crippen MR) is 82.5 cm³/mol. The molecule has 1 N–H and O–H groups in total. The third kappa shape index (κ3) is 2.83. The Morgan fingerprint density at radius 2 is 2.09 bits per heavy atom. The van der Waals surface area contributed by atoms with Crippen molar-refractivity contribution in [3.8, 4) is 11.5 Å². The summed E-state index contributed by atoms with van der Waals surface area (Å²) in [6.45, 7) is 2.53. The highest BCUT2D eigenvalue weighted by Crippen LogP contribution is 2.41. The molecule has 0 radical (unpaired) electrons. The average molecular weight is 362 g/mol.